The Morgan fingerprint density at radius 1 is 0.936 bits per heavy atom. The molecule has 0 aliphatic heterocycles. The summed E-state index contributed by atoms with van der Waals surface area (Å²) in [6, 6.07) is 17.4. The minimum Gasteiger partial charge on any atom is -0.389 e. The van der Waals surface area contributed by atoms with Crippen molar-refractivity contribution in [2.45, 2.75) is 38.1 Å². The lowest BCUT2D eigenvalue weighted by Gasteiger charge is -2.25. The molecule has 4 N–H and O–H groups in total. The van der Waals surface area contributed by atoms with Crippen LogP contribution in [0.5, 0.6) is 0 Å². The molecule has 1 heterocycles. The number of nitrogens with one attached hydrogen (secondary N) is 3. The van der Waals surface area contributed by atoms with Crippen LogP contribution in [0, 0.1) is 5.82 Å². The van der Waals surface area contributed by atoms with E-state index in [9.17, 15) is 32.3 Å². The van der Waals surface area contributed by atoms with Crippen LogP contribution in [0.4, 0.5) is 10.1 Å². The van der Waals surface area contributed by atoms with Crippen LogP contribution in [0.3, 0.4) is 0 Å². The average Bonchev–Trinajstić information content (AvgIpc) is 3.52. The Morgan fingerprint density at radius 2 is 1.55 bits per heavy atom. The summed E-state index contributed by atoms with van der Waals surface area (Å²) in [7, 11) is -0.983. The number of benzene rings is 3. The van der Waals surface area contributed by atoms with E-state index < -0.39 is 45.8 Å². The summed E-state index contributed by atoms with van der Waals surface area (Å²) < 4.78 is 40.6. The van der Waals surface area contributed by atoms with Gasteiger partial charge in [0.25, 0.3) is 17.7 Å². The maximum absolute atomic E-state index is 13.8. The Labute approximate surface area is 272 Å². The molecule has 3 amide bonds. The van der Waals surface area contributed by atoms with E-state index in [2.05, 4.69) is 21.0 Å². The molecular weight excluding hydrogens is 627 g/mol. The van der Waals surface area contributed by atoms with Crippen LogP contribution < -0.4 is 20.3 Å². The number of anilines is 1. The molecule has 0 saturated carbocycles. The molecule has 0 aliphatic rings. The first-order valence-electron chi connectivity index (χ1n) is 14.7. The van der Waals surface area contributed by atoms with Crippen molar-refractivity contribution in [2.75, 3.05) is 24.7 Å². The van der Waals surface area contributed by atoms with Crippen molar-refractivity contribution >= 4 is 33.4 Å². The van der Waals surface area contributed by atoms with Crippen molar-refractivity contribution in [3.63, 3.8) is 0 Å². The molecule has 0 bridgehead atoms. The van der Waals surface area contributed by atoms with Crippen LogP contribution >= 0.6 is 0 Å². The Bertz CT molecular complexity index is 1830. The monoisotopic (exact) mass is 664 g/mol. The summed E-state index contributed by atoms with van der Waals surface area (Å²) in [5.74, 6) is -2.02. The number of sulfonamides is 1. The number of hydrogen-bond donors (Lipinski definition) is 4. The maximum Gasteiger partial charge on any atom is 0.254 e. The molecule has 4 aromatic rings. The topological polar surface area (TPSA) is 163 Å². The zero-order chi connectivity index (χ0) is 34.3. The standard InChI is InChI=1S/C33H37FN6O6S/c1-21(23-10-12-27(34)13-11-23)37-32(43)24-15-25(17-28(16-24)39(3)47(4,45)46)33(44)38-29(14-22-8-6-5-7-9-22)30(41)20-40-19-26(18-36-40)31(42)35-2/h5-13,15-19,21,29-30,41H,14,20H2,1-4H3,(H,35,42)(H,37,43)(H,38,44)/t21-,29+,30+/m1/s1. The zero-order valence-corrected chi connectivity index (χ0v) is 27.2. The molecule has 3 atom stereocenters. The quantitative estimate of drug-likeness (QED) is 0.171. The Balaban J connectivity index is 1.64. The second kappa shape index (κ2) is 15.0. The van der Waals surface area contributed by atoms with Gasteiger partial charge >= 0.3 is 0 Å². The lowest BCUT2D eigenvalue weighted by Crippen LogP contribution is -2.46. The highest BCUT2D eigenvalue weighted by Gasteiger charge is 2.26. The summed E-state index contributed by atoms with van der Waals surface area (Å²) in [6.45, 7) is 1.65. The SMILES string of the molecule is CNC(=O)c1cnn(C[C@H](O)[C@H](Cc2ccccc2)NC(=O)c2cc(C(=O)N[C@H](C)c3ccc(F)cc3)cc(N(C)S(C)(=O)=O)c2)c1. The molecule has 14 heteroatoms. The van der Waals surface area contributed by atoms with E-state index in [1.165, 1.54) is 73.6 Å². The Morgan fingerprint density at radius 3 is 2.15 bits per heavy atom. The van der Waals surface area contributed by atoms with Crippen LogP contribution in [-0.4, -0.2) is 73.5 Å². The summed E-state index contributed by atoms with van der Waals surface area (Å²) in [6.07, 6.45) is 2.89. The number of aliphatic hydroxyl groups is 1. The molecule has 1 aromatic heterocycles. The van der Waals surface area contributed by atoms with E-state index in [1.54, 1.807) is 6.92 Å². The van der Waals surface area contributed by atoms with Gasteiger partial charge in [0.2, 0.25) is 10.0 Å². The zero-order valence-electron chi connectivity index (χ0n) is 26.3. The molecule has 4 rings (SSSR count). The molecule has 0 unspecified atom stereocenters. The van der Waals surface area contributed by atoms with Gasteiger partial charge in [0.15, 0.2) is 0 Å². The molecular formula is C33H37FN6O6S. The minimum atomic E-state index is -3.77. The van der Waals surface area contributed by atoms with E-state index in [0.717, 1.165) is 16.1 Å². The number of carbonyl (C=O) groups excluding carboxylic acids is 3. The molecule has 0 spiro atoms. The highest BCUT2D eigenvalue weighted by Crippen LogP contribution is 2.23. The number of aliphatic hydroxyl groups excluding tert-OH is 1. The summed E-state index contributed by atoms with van der Waals surface area (Å²) in [5.41, 5.74) is 1.82. The highest BCUT2D eigenvalue weighted by molar-refractivity contribution is 7.92. The third-order valence-corrected chi connectivity index (χ3v) is 8.80. The van der Waals surface area contributed by atoms with Crippen LogP contribution in [-0.2, 0) is 23.0 Å². The predicted octanol–water partition coefficient (Wildman–Crippen LogP) is 2.67. The van der Waals surface area contributed by atoms with Gasteiger partial charge in [-0.1, -0.05) is 42.5 Å². The second-order valence-electron chi connectivity index (χ2n) is 11.1. The maximum atomic E-state index is 13.8. The van der Waals surface area contributed by atoms with Crippen molar-refractivity contribution in [3.8, 4) is 0 Å². The van der Waals surface area contributed by atoms with Gasteiger partial charge in [-0.05, 0) is 54.8 Å². The molecule has 0 saturated heterocycles. The van der Waals surface area contributed by atoms with E-state index in [-0.39, 0.29) is 35.7 Å². The van der Waals surface area contributed by atoms with Crippen molar-refractivity contribution in [2.24, 2.45) is 0 Å². The number of hydrogen-bond acceptors (Lipinski definition) is 7. The van der Waals surface area contributed by atoms with E-state index in [0.29, 0.717) is 11.1 Å². The van der Waals surface area contributed by atoms with Gasteiger partial charge in [0, 0.05) is 31.4 Å². The first-order valence-corrected chi connectivity index (χ1v) is 16.5. The fraction of sp³-hybridized carbons (Fsp3) is 0.273. The molecule has 248 valence electrons. The van der Waals surface area contributed by atoms with E-state index in [1.807, 2.05) is 30.3 Å². The van der Waals surface area contributed by atoms with Crippen molar-refractivity contribution < 1.29 is 32.3 Å². The number of amides is 3. The lowest BCUT2D eigenvalue weighted by atomic mass is 10.00. The molecule has 0 radical (unpaired) electrons. The number of carbonyl (C=O) groups is 3. The Kier molecular flexibility index (Phi) is 11.1. The fourth-order valence-corrected chi connectivity index (χ4v) is 5.30. The van der Waals surface area contributed by atoms with Crippen LogP contribution in [0.25, 0.3) is 0 Å². The number of rotatable bonds is 13. The first-order chi connectivity index (χ1) is 22.2. The molecule has 0 fully saturated rings. The van der Waals surface area contributed by atoms with Gasteiger partial charge in [-0.2, -0.15) is 5.10 Å². The summed E-state index contributed by atoms with van der Waals surface area (Å²) >= 11 is 0. The lowest BCUT2D eigenvalue weighted by molar-refractivity contribution is 0.0780. The van der Waals surface area contributed by atoms with Gasteiger partial charge in [-0.15, -0.1) is 0 Å². The van der Waals surface area contributed by atoms with Gasteiger partial charge in [-0.3, -0.25) is 23.4 Å². The predicted molar refractivity (Wildman–Crippen MR) is 175 cm³/mol. The largest absolute Gasteiger partial charge is 0.389 e. The third kappa shape index (κ3) is 9.24. The molecule has 12 nitrogen and oxygen atoms in total. The van der Waals surface area contributed by atoms with Crippen molar-refractivity contribution in [1.82, 2.24) is 25.7 Å². The molecule has 0 aliphatic carbocycles. The smallest absolute Gasteiger partial charge is 0.254 e. The van der Waals surface area contributed by atoms with Gasteiger partial charge in [0.1, 0.15) is 5.82 Å². The Hall–Kier alpha value is -5.08. The van der Waals surface area contributed by atoms with Crippen LogP contribution in [0.2, 0.25) is 0 Å². The normalized spacial score (nSPS) is 13.2. The van der Waals surface area contributed by atoms with Crippen molar-refractivity contribution in [3.05, 3.63) is 119 Å². The summed E-state index contributed by atoms with van der Waals surface area (Å²) in [4.78, 5) is 39.1. The third-order valence-electron chi connectivity index (χ3n) is 7.60. The number of aromatic nitrogens is 2. The summed E-state index contributed by atoms with van der Waals surface area (Å²) in [5, 5.41) is 23.6. The van der Waals surface area contributed by atoms with Gasteiger partial charge in [-0.25, -0.2) is 12.8 Å². The van der Waals surface area contributed by atoms with Gasteiger partial charge < -0.3 is 21.1 Å². The van der Waals surface area contributed by atoms with Crippen LogP contribution in [0.15, 0.2) is 85.2 Å². The highest BCUT2D eigenvalue weighted by atomic mass is 32.2. The average molecular weight is 665 g/mol. The molecule has 47 heavy (non-hydrogen) atoms. The van der Waals surface area contributed by atoms with Crippen LogP contribution in [0.1, 0.15) is 55.2 Å². The fourth-order valence-electron chi connectivity index (χ4n) is 4.81. The first kappa shape index (κ1) is 34.8. The number of halogens is 1. The minimum absolute atomic E-state index is 0.00976. The van der Waals surface area contributed by atoms with Gasteiger partial charge in [0.05, 0.1) is 48.4 Å². The second-order valence-corrected chi connectivity index (χ2v) is 13.1. The number of nitrogens with zero attached hydrogens (tertiary/aromatic N) is 3. The molecule has 3 aromatic carbocycles. The van der Waals surface area contributed by atoms with Crippen molar-refractivity contribution in [1.29, 1.82) is 0 Å². The van der Waals surface area contributed by atoms with E-state index in [4.69, 9.17) is 0 Å². The van der Waals surface area contributed by atoms with E-state index >= 15 is 0 Å².